The van der Waals surface area contributed by atoms with E-state index in [9.17, 15) is 8.42 Å². The average molecular weight is 510 g/mol. The first-order valence-electron chi connectivity index (χ1n) is 12.3. The summed E-state index contributed by atoms with van der Waals surface area (Å²) in [7, 11) is -1.84. The van der Waals surface area contributed by atoms with E-state index in [-0.39, 0.29) is 4.90 Å². The highest BCUT2D eigenvalue weighted by Crippen LogP contribution is 2.44. The predicted octanol–water partition coefficient (Wildman–Crippen LogP) is 5.70. The number of aryl methyl sites for hydroxylation is 1. The molecule has 1 aliphatic heterocycles. The van der Waals surface area contributed by atoms with Crippen LogP contribution in [0.25, 0.3) is 33.4 Å². The minimum Gasteiger partial charge on any atom is -0.372 e. The molecule has 4 heterocycles. The lowest BCUT2D eigenvalue weighted by Crippen LogP contribution is -2.17. The molecule has 3 aromatic heterocycles. The fourth-order valence-corrected chi connectivity index (χ4v) is 6.28. The van der Waals surface area contributed by atoms with Crippen molar-refractivity contribution in [2.45, 2.75) is 17.7 Å². The van der Waals surface area contributed by atoms with Crippen LogP contribution in [0.4, 0.5) is 11.4 Å². The molecule has 0 bridgehead atoms. The number of pyridine rings is 2. The predicted molar refractivity (Wildman–Crippen MR) is 148 cm³/mol. The van der Waals surface area contributed by atoms with Crippen LogP contribution in [0.1, 0.15) is 12.8 Å². The molecule has 0 atom stereocenters. The summed E-state index contributed by atoms with van der Waals surface area (Å²) in [6.07, 6.45) is 7.60. The van der Waals surface area contributed by atoms with Gasteiger partial charge in [-0.1, -0.05) is 30.3 Å². The summed E-state index contributed by atoms with van der Waals surface area (Å²) in [5.41, 5.74) is 6.13. The van der Waals surface area contributed by atoms with Crippen molar-refractivity contribution in [1.29, 1.82) is 0 Å². The van der Waals surface area contributed by atoms with Gasteiger partial charge in [0.1, 0.15) is 5.65 Å². The molecule has 1 fully saturated rings. The van der Waals surface area contributed by atoms with Gasteiger partial charge in [0.05, 0.1) is 21.7 Å². The molecule has 2 aromatic carbocycles. The number of sulfonamides is 1. The molecular formula is C29H27N5O2S. The van der Waals surface area contributed by atoms with Gasteiger partial charge in [0.2, 0.25) is 0 Å². The minimum atomic E-state index is -3.80. The smallest absolute Gasteiger partial charge is 0.261 e. The van der Waals surface area contributed by atoms with Crippen LogP contribution in [0.15, 0.2) is 96.3 Å². The highest BCUT2D eigenvalue weighted by atomic mass is 32.2. The van der Waals surface area contributed by atoms with Crippen molar-refractivity contribution in [2.75, 3.05) is 22.7 Å². The third kappa shape index (κ3) is 4.23. The fourth-order valence-electron chi connectivity index (χ4n) is 5.19. The quantitative estimate of drug-likeness (QED) is 0.317. The van der Waals surface area contributed by atoms with Crippen LogP contribution < -0.4 is 9.62 Å². The summed E-state index contributed by atoms with van der Waals surface area (Å²) < 4.78 is 31.5. The molecule has 0 amide bonds. The fraction of sp³-hybridized carbons (Fsp3) is 0.172. The van der Waals surface area contributed by atoms with E-state index >= 15 is 0 Å². The Kier molecular flexibility index (Phi) is 5.88. The number of hydrogen-bond donors (Lipinski definition) is 1. The topological polar surface area (TPSA) is 80.1 Å². The molecule has 186 valence electrons. The Morgan fingerprint density at radius 2 is 1.65 bits per heavy atom. The van der Waals surface area contributed by atoms with Gasteiger partial charge in [-0.2, -0.15) is 0 Å². The molecule has 0 radical (unpaired) electrons. The maximum atomic E-state index is 13.3. The second kappa shape index (κ2) is 9.37. The molecule has 8 heteroatoms. The van der Waals surface area contributed by atoms with E-state index in [0.29, 0.717) is 11.3 Å². The third-order valence-electron chi connectivity index (χ3n) is 6.91. The minimum absolute atomic E-state index is 0.209. The van der Waals surface area contributed by atoms with E-state index in [0.717, 1.165) is 40.9 Å². The van der Waals surface area contributed by atoms with Crippen molar-refractivity contribution in [1.82, 2.24) is 14.5 Å². The summed E-state index contributed by atoms with van der Waals surface area (Å²) in [5, 5.41) is 0.752. The molecule has 1 saturated heterocycles. The average Bonchev–Trinajstić information content (AvgIpc) is 3.57. The van der Waals surface area contributed by atoms with Gasteiger partial charge >= 0.3 is 0 Å². The zero-order valence-corrected chi connectivity index (χ0v) is 21.3. The Morgan fingerprint density at radius 3 is 2.41 bits per heavy atom. The standard InChI is InChI=1S/C29H27N5O2S/c1-33-28(22-10-8-15-30-20-22)26(21-9-7-11-23(19-21)34-17-5-6-18-34)27-25(14-16-31-29(27)33)32-37(35,36)24-12-3-2-4-13-24/h2-4,7-16,19-20H,5-6,17-18H2,1H3,(H,31,32). The second-order valence-electron chi connectivity index (χ2n) is 9.24. The summed E-state index contributed by atoms with van der Waals surface area (Å²) in [5.74, 6) is 0. The van der Waals surface area contributed by atoms with Crippen LogP contribution in [0.3, 0.4) is 0 Å². The SMILES string of the molecule is Cn1c(-c2cccnc2)c(-c2cccc(N3CCCC3)c2)c2c(NS(=O)(=O)c3ccccc3)ccnc21. The van der Waals surface area contributed by atoms with Gasteiger partial charge in [0, 0.05) is 55.5 Å². The van der Waals surface area contributed by atoms with Crippen LogP contribution >= 0.6 is 0 Å². The molecule has 0 aliphatic carbocycles. The Balaban J connectivity index is 1.60. The number of anilines is 2. The first-order valence-corrected chi connectivity index (χ1v) is 13.8. The molecule has 6 rings (SSSR count). The number of rotatable bonds is 6. The van der Waals surface area contributed by atoms with Crippen LogP contribution in [0.2, 0.25) is 0 Å². The van der Waals surface area contributed by atoms with Crippen LogP contribution in [0, 0.1) is 0 Å². The number of aromatic nitrogens is 3. The highest BCUT2D eigenvalue weighted by molar-refractivity contribution is 7.92. The number of nitrogens with one attached hydrogen (secondary N) is 1. The van der Waals surface area contributed by atoms with E-state index < -0.39 is 10.0 Å². The Hall–Kier alpha value is -4.17. The first kappa shape index (κ1) is 23.2. The maximum absolute atomic E-state index is 13.3. The molecule has 0 saturated carbocycles. The van der Waals surface area contributed by atoms with Crippen molar-refractivity contribution in [3.8, 4) is 22.4 Å². The van der Waals surface area contributed by atoms with Gasteiger partial charge in [-0.3, -0.25) is 9.71 Å². The highest BCUT2D eigenvalue weighted by Gasteiger charge is 2.25. The summed E-state index contributed by atoms with van der Waals surface area (Å²) in [4.78, 5) is 11.6. The van der Waals surface area contributed by atoms with Gasteiger partial charge in [-0.05, 0) is 60.9 Å². The molecule has 7 nitrogen and oxygen atoms in total. The van der Waals surface area contributed by atoms with Gasteiger partial charge in [0.25, 0.3) is 10.0 Å². The van der Waals surface area contributed by atoms with E-state index in [4.69, 9.17) is 0 Å². The lowest BCUT2D eigenvalue weighted by molar-refractivity contribution is 0.601. The lowest BCUT2D eigenvalue weighted by atomic mass is 9.98. The largest absolute Gasteiger partial charge is 0.372 e. The molecule has 37 heavy (non-hydrogen) atoms. The first-order chi connectivity index (χ1) is 18.0. The van der Waals surface area contributed by atoms with Crippen molar-refractivity contribution < 1.29 is 8.42 Å². The molecule has 1 N–H and O–H groups in total. The monoisotopic (exact) mass is 509 g/mol. The molecular weight excluding hydrogens is 482 g/mol. The van der Waals surface area contributed by atoms with E-state index in [1.807, 2.05) is 29.9 Å². The van der Waals surface area contributed by atoms with Gasteiger partial charge < -0.3 is 9.47 Å². The van der Waals surface area contributed by atoms with E-state index in [2.05, 4.69) is 43.9 Å². The number of hydrogen-bond acceptors (Lipinski definition) is 5. The summed E-state index contributed by atoms with van der Waals surface area (Å²) in [6.45, 7) is 2.08. The van der Waals surface area contributed by atoms with Gasteiger partial charge in [-0.15, -0.1) is 0 Å². The van der Waals surface area contributed by atoms with Gasteiger partial charge in [-0.25, -0.2) is 13.4 Å². The molecule has 0 unspecified atom stereocenters. The third-order valence-corrected chi connectivity index (χ3v) is 8.29. The van der Waals surface area contributed by atoms with Crippen LogP contribution in [-0.2, 0) is 17.1 Å². The van der Waals surface area contributed by atoms with Crippen molar-refractivity contribution in [2.24, 2.45) is 7.05 Å². The maximum Gasteiger partial charge on any atom is 0.261 e. The summed E-state index contributed by atoms with van der Waals surface area (Å²) >= 11 is 0. The molecule has 0 spiro atoms. The second-order valence-corrected chi connectivity index (χ2v) is 10.9. The van der Waals surface area contributed by atoms with Crippen LogP contribution in [-0.4, -0.2) is 36.0 Å². The van der Waals surface area contributed by atoms with Crippen LogP contribution in [0.5, 0.6) is 0 Å². The van der Waals surface area contributed by atoms with Crippen molar-refractivity contribution >= 4 is 32.4 Å². The summed E-state index contributed by atoms with van der Waals surface area (Å²) in [6, 6.07) is 22.5. The lowest BCUT2D eigenvalue weighted by Gasteiger charge is -2.19. The van der Waals surface area contributed by atoms with E-state index in [1.165, 1.54) is 18.5 Å². The molecule has 5 aromatic rings. The van der Waals surface area contributed by atoms with Crippen molar-refractivity contribution in [3.63, 3.8) is 0 Å². The Bertz CT molecular complexity index is 1680. The number of nitrogens with zero attached hydrogens (tertiary/aromatic N) is 4. The Morgan fingerprint density at radius 1 is 0.865 bits per heavy atom. The Labute approximate surface area is 216 Å². The zero-order chi connectivity index (χ0) is 25.4. The normalized spacial score (nSPS) is 13.8. The number of fused-ring (bicyclic) bond motifs is 1. The molecule has 1 aliphatic rings. The van der Waals surface area contributed by atoms with Gasteiger partial charge in [0.15, 0.2) is 0 Å². The zero-order valence-electron chi connectivity index (χ0n) is 20.5. The van der Waals surface area contributed by atoms with Crippen molar-refractivity contribution in [3.05, 3.63) is 91.4 Å². The number of benzene rings is 2. The van der Waals surface area contributed by atoms with E-state index in [1.54, 1.807) is 48.8 Å².